The van der Waals surface area contributed by atoms with Crippen molar-refractivity contribution >= 4 is 17.3 Å². The summed E-state index contributed by atoms with van der Waals surface area (Å²) in [4.78, 5) is 15.5. The highest BCUT2D eigenvalue weighted by Gasteiger charge is 2.29. The van der Waals surface area contributed by atoms with Gasteiger partial charge < -0.3 is 10.4 Å². The number of nitrogens with zero attached hydrogens (tertiary/aromatic N) is 1. The summed E-state index contributed by atoms with van der Waals surface area (Å²) >= 11 is 0. The van der Waals surface area contributed by atoms with Crippen LogP contribution in [-0.2, 0) is 11.2 Å². The van der Waals surface area contributed by atoms with Gasteiger partial charge in [-0.1, -0.05) is 42.0 Å². The van der Waals surface area contributed by atoms with Crippen molar-refractivity contribution in [3.63, 3.8) is 0 Å². The lowest BCUT2D eigenvalue weighted by Gasteiger charge is -2.22. The van der Waals surface area contributed by atoms with Crippen LogP contribution >= 0.6 is 0 Å². The number of nitrogens with one attached hydrogen (secondary N) is 1. The van der Waals surface area contributed by atoms with Crippen molar-refractivity contribution in [2.45, 2.75) is 32.3 Å². The Hall–Kier alpha value is -2.64. The molecule has 0 aromatic heterocycles. The summed E-state index contributed by atoms with van der Waals surface area (Å²) in [6.45, 7) is 10.4. The van der Waals surface area contributed by atoms with Crippen molar-refractivity contribution in [3.8, 4) is 0 Å². The standard InChI is InChI=1S/C19H20N2O2/c1-14-4-6-15(7-5-14)12-13-19(2,23)18(22)21-17-10-8-16(20-3)9-11-17/h4-11,23H,12-13H2,1-2H3,(H,21,22)/t19-/m0/s1. The Morgan fingerprint density at radius 1 is 1.17 bits per heavy atom. The van der Waals surface area contributed by atoms with Gasteiger partial charge in [0, 0.05) is 5.69 Å². The second kappa shape index (κ2) is 7.08. The SMILES string of the molecule is [C-]#[N+]c1ccc(NC(=O)[C@@](C)(O)CCc2ccc(C)cc2)cc1. The summed E-state index contributed by atoms with van der Waals surface area (Å²) in [6, 6.07) is 14.6. The fraction of sp³-hybridized carbons (Fsp3) is 0.263. The van der Waals surface area contributed by atoms with E-state index >= 15 is 0 Å². The van der Waals surface area contributed by atoms with E-state index in [0.29, 0.717) is 24.2 Å². The molecular formula is C19H20N2O2. The van der Waals surface area contributed by atoms with Crippen LogP contribution in [0.1, 0.15) is 24.5 Å². The maximum absolute atomic E-state index is 12.2. The molecule has 0 saturated heterocycles. The van der Waals surface area contributed by atoms with Crippen molar-refractivity contribution in [1.29, 1.82) is 0 Å². The molecule has 0 heterocycles. The first-order chi connectivity index (χ1) is 10.9. The summed E-state index contributed by atoms with van der Waals surface area (Å²) in [7, 11) is 0. The molecule has 2 rings (SSSR count). The molecule has 1 amide bonds. The van der Waals surface area contributed by atoms with E-state index in [-0.39, 0.29) is 0 Å². The van der Waals surface area contributed by atoms with Crippen molar-refractivity contribution in [2.24, 2.45) is 0 Å². The minimum Gasteiger partial charge on any atom is -0.380 e. The number of carbonyl (C=O) groups is 1. The Labute approximate surface area is 136 Å². The van der Waals surface area contributed by atoms with E-state index in [1.165, 1.54) is 12.5 Å². The molecule has 23 heavy (non-hydrogen) atoms. The molecular weight excluding hydrogens is 288 g/mol. The smallest absolute Gasteiger partial charge is 0.256 e. The number of carbonyl (C=O) groups excluding carboxylic acids is 1. The Kier molecular flexibility index (Phi) is 5.15. The van der Waals surface area contributed by atoms with E-state index in [2.05, 4.69) is 10.2 Å². The molecule has 118 valence electrons. The van der Waals surface area contributed by atoms with Gasteiger partial charge in [-0.25, -0.2) is 4.85 Å². The Bertz CT molecular complexity index is 711. The molecule has 0 spiro atoms. The largest absolute Gasteiger partial charge is 0.380 e. The number of hydrogen-bond donors (Lipinski definition) is 2. The maximum atomic E-state index is 12.2. The number of anilines is 1. The molecule has 1 atom stereocenters. The first kappa shape index (κ1) is 16.7. The van der Waals surface area contributed by atoms with Gasteiger partial charge in [0.05, 0.1) is 6.57 Å². The number of benzene rings is 2. The molecule has 2 aromatic rings. The number of amides is 1. The number of hydrogen-bond acceptors (Lipinski definition) is 2. The van der Waals surface area contributed by atoms with Crippen LogP contribution in [0.15, 0.2) is 48.5 Å². The van der Waals surface area contributed by atoms with E-state index in [9.17, 15) is 9.90 Å². The minimum atomic E-state index is -1.46. The molecule has 0 aliphatic heterocycles. The second-order valence-corrected chi connectivity index (χ2v) is 5.87. The molecule has 0 saturated carbocycles. The zero-order valence-electron chi connectivity index (χ0n) is 13.3. The number of aliphatic hydroxyl groups is 1. The molecule has 0 aliphatic carbocycles. The Balaban J connectivity index is 1.96. The summed E-state index contributed by atoms with van der Waals surface area (Å²) in [5.74, 6) is -0.444. The van der Waals surface area contributed by atoms with Gasteiger partial charge in [-0.3, -0.25) is 4.79 Å². The van der Waals surface area contributed by atoms with Crippen LogP contribution in [0.4, 0.5) is 11.4 Å². The van der Waals surface area contributed by atoms with Gasteiger partial charge in [0.2, 0.25) is 0 Å². The van der Waals surface area contributed by atoms with Crippen molar-refractivity contribution in [3.05, 3.63) is 71.1 Å². The molecule has 2 N–H and O–H groups in total. The number of aryl methyl sites for hydroxylation is 2. The molecule has 0 unspecified atom stereocenters. The van der Waals surface area contributed by atoms with Crippen LogP contribution in [0.2, 0.25) is 0 Å². The highest BCUT2D eigenvalue weighted by Crippen LogP contribution is 2.20. The van der Waals surface area contributed by atoms with Gasteiger partial charge >= 0.3 is 0 Å². The minimum absolute atomic E-state index is 0.335. The Morgan fingerprint density at radius 2 is 1.78 bits per heavy atom. The topological polar surface area (TPSA) is 53.7 Å². The predicted octanol–water partition coefficient (Wildman–Crippen LogP) is 3.87. The third-order valence-electron chi connectivity index (χ3n) is 3.76. The van der Waals surface area contributed by atoms with Crippen molar-refractivity contribution < 1.29 is 9.90 Å². The zero-order chi connectivity index (χ0) is 16.9. The molecule has 4 nitrogen and oxygen atoms in total. The van der Waals surface area contributed by atoms with Gasteiger partial charge in [0.1, 0.15) is 5.60 Å². The quantitative estimate of drug-likeness (QED) is 0.824. The van der Waals surface area contributed by atoms with Crippen molar-refractivity contribution in [2.75, 3.05) is 5.32 Å². The van der Waals surface area contributed by atoms with E-state index in [1.807, 2.05) is 31.2 Å². The average molecular weight is 308 g/mol. The van der Waals surface area contributed by atoms with Crippen LogP contribution in [0.25, 0.3) is 4.85 Å². The molecule has 2 aromatic carbocycles. The van der Waals surface area contributed by atoms with E-state index in [0.717, 1.165) is 5.56 Å². The molecule has 0 bridgehead atoms. The number of rotatable bonds is 5. The highest BCUT2D eigenvalue weighted by molar-refractivity contribution is 5.96. The summed E-state index contributed by atoms with van der Waals surface area (Å²) in [5.41, 5.74) is 1.89. The van der Waals surface area contributed by atoms with Gasteiger partial charge in [-0.15, -0.1) is 0 Å². The highest BCUT2D eigenvalue weighted by atomic mass is 16.3. The summed E-state index contributed by atoms with van der Waals surface area (Å²) in [6.07, 6.45) is 0.958. The lowest BCUT2D eigenvalue weighted by atomic mass is 9.95. The van der Waals surface area contributed by atoms with Crippen LogP contribution in [0, 0.1) is 13.5 Å². The predicted molar refractivity (Wildman–Crippen MR) is 91.5 cm³/mol. The van der Waals surface area contributed by atoms with Crippen LogP contribution in [-0.4, -0.2) is 16.6 Å². The zero-order valence-corrected chi connectivity index (χ0v) is 13.3. The van der Waals surface area contributed by atoms with E-state index in [4.69, 9.17) is 6.57 Å². The van der Waals surface area contributed by atoms with Gasteiger partial charge in [0.15, 0.2) is 5.69 Å². The molecule has 0 aliphatic rings. The summed E-state index contributed by atoms with van der Waals surface area (Å²) < 4.78 is 0. The molecule has 0 radical (unpaired) electrons. The Morgan fingerprint density at radius 3 is 2.35 bits per heavy atom. The maximum Gasteiger partial charge on any atom is 0.256 e. The van der Waals surface area contributed by atoms with Crippen LogP contribution in [0.5, 0.6) is 0 Å². The first-order valence-corrected chi connectivity index (χ1v) is 7.47. The van der Waals surface area contributed by atoms with Gasteiger partial charge in [0.25, 0.3) is 5.91 Å². The van der Waals surface area contributed by atoms with Crippen molar-refractivity contribution in [1.82, 2.24) is 0 Å². The van der Waals surface area contributed by atoms with Crippen LogP contribution in [0.3, 0.4) is 0 Å². The molecule has 0 fully saturated rings. The fourth-order valence-electron chi connectivity index (χ4n) is 2.14. The fourth-order valence-corrected chi connectivity index (χ4v) is 2.14. The van der Waals surface area contributed by atoms with E-state index < -0.39 is 11.5 Å². The third-order valence-corrected chi connectivity index (χ3v) is 3.76. The second-order valence-electron chi connectivity index (χ2n) is 5.87. The van der Waals surface area contributed by atoms with Crippen LogP contribution < -0.4 is 5.32 Å². The third kappa shape index (κ3) is 4.67. The van der Waals surface area contributed by atoms with Gasteiger partial charge in [-0.05, 0) is 44.4 Å². The van der Waals surface area contributed by atoms with Gasteiger partial charge in [-0.2, -0.15) is 0 Å². The normalized spacial score (nSPS) is 13.0. The average Bonchev–Trinajstić information content (AvgIpc) is 2.55. The molecule has 4 heteroatoms. The summed E-state index contributed by atoms with van der Waals surface area (Å²) in [5, 5.41) is 13.1. The van der Waals surface area contributed by atoms with E-state index in [1.54, 1.807) is 24.3 Å². The first-order valence-electron chi connectivity index (χ1n) is 7.47. The lowest BCUT2D eigenvalue weighted by Crippen LogP contribution is -2.40. The monoisotopic (exact) mass is 308 g/mol. The lowest BCUT2D eigenvalue weighted by molar-refractivity contribution is -0.132.